The number of anilines is 1. The molecular weight excluding hydrogens is 264 g/mol. The molecule has 2 amide bonds. The number of aryl methyl sites for hydroxylation is 1. The zero-order valence-corrected chi connectivity index (χ0v) is 13.3. The van der Waals surface area contributed by atoms with Gasteiger partial charge in [0.05, 0.1) is 0 Å². The second-order valence-corrected chi connectivity index (χ2v) is 5.32. The zero-order valence-electron chi connectivity index (χ0n) is 13.3. The molecule has 116 valence electrons. The van der Waals surface area contributed by atoms with Crippen LogP contribution in [0.5, 0.6) is 0 Å². The largest absolute Gasteiger partial charge is 0.334 e. The van der Waals surface area contributed by atoms with Crippen LogP contribution in [-0.4, -0.2) is 29.8 Å². The molecule has 0 aliphatic rings. The molecule has 0 unspecified atom stereocenters. The van der Waals surface area contributed by atoms with Gasteiger partial charge in [-0.05, 0) is 31.9 Å². The summed E-state index contributed by atoms with van der Waals surface area (Å²) in [5.41, 5.74) is 1.77. The minimum absolute atomic E-state index is 0.433. The van der Waals surface area contributed by atoms with E-state index < -0.39 is 11.8 Å². The Labute approximate surface area is 127 Å². The van der Waals surface area contributed by atoms with Crippen molar-refractivity contribution >= 4 is 17.5 Å². The molecule has 1 aromatic carbocycles. The number of hydrogen-bond acceptors (Lipinski definition) is 2. The molecule has 0 saturated carbocycles. The normalized spacial score (nSPS) is 10.2. The first kappa shape index (κ1) is 17.2. The van der Waals surface area contributed by atoms with Gasteiger partial charge in [-0.25, -0.2) is 0 Å². The van der Waals surface area contributed by atoms with Crippen molar-refractivity contribution in [3.8, 4) is 0 Å². The Bertz CT molecular complexity index is 446. The minimum atomic E-state index is -0.550. The van der Waals surface area contributed by atoms with Gasteiger partial charge in [-0.1, -0.05) is 44.4 Å². The molecule has 0 heterocycles. The smallest absolute Gasteiger partial charge is 0.313 e. The molecular formula is C17H26N2O2. The zero-order chi connectivity index (χ0) is 15.7. The van der Waals surface area contributed by atoms with E-state index in [1.165, 1.54) is 0 Å². The van der Waals surface area contributed by atoms with Gasteiger partial charge in [0.2, 0.25) is 0 Å². The standard InChI is InChI=1S/C17H26N2O2/c1-4-6-12-19(13-7-5-2)17(21)16(20)18-15-10-8-14(3)9-11-15/h8-11H,4-7,12-13H2,1-3H3,(H,18,20). The number of benzene rings is 1. The molecule has 0 aliphatic heterocycles. The lowest BCUT2D eigenvalue weighted by molar-refractivity contribution is -0.143. The lowest BCUT2D eigenvalue weighted by Crippen LogP contribution is -2.40. The Morgan fingerprint density at radius 3 is 2.00 bits per heavy atom. The second-order valence-electron chi connectivity index (χ2n) is 5.32. The number of nitrogens with one attached hydrogen (secondary N) is 1. The summed E-state index contributed by atoms with van der Waals surface area (Å²) in [4.78, 5) is 26.0. The van der Waals surface area contributed by atoms with Crippen molar-refractivity contribution in [1.29, 1.82) is 0 Å². The van der Waals surface area contributed by atoms with Crippen LogP contribution in [0, 0.1) is 6.92 Å². The van der Waals surface area contributed by atoms with Crippen molar-refractivity contribution in [2.75, 3.05) is 18.4 Å². The maximum absolute atomic E-state index is 12.2. The summed E-state index contributed by atoms with van der Waals surface area (Å²) in [5.74, 6) is -0.983. The van der Waals surface area contributed by atoms with E-state index in [9.17, 15) is 9.59 Å². The van der Waals surface area contributed by atoms with Crippen molar-refractivity contribution in [3.63, 3.8) is 0 Å². The Hall–Kier alpha value is -1.84. The molecule has 0 spiro atoms. The first-order valence-electron chi connectivity index (χ1n) is 7.75. The van der Waals surface area contributed by atoms with Crippen LogP contribution in [0.1, 0.15) is 45.1 Å². The molecule has 1 rings (SSSR count). The summed E-state index contributed by atoms with van der Waals surface area (Å²) in [5, 5.41) is 2.67. The third-order valence-corrected chi connectivity index (χ3v) is 3.35. The Morgan fingerprint density at radius 1 is 1.00 bits per heavy atom. The maximum atomic E-state index is 12.2. The van der Waals surface area contributed by atoms with Gasteiger partial charge < -0.3 is 10.2 Å². The van der Waals surface area contributed by atoms with Crippen molar-refractivity contribution < 1.29 is 9.59 Å². The lowest BCUT2D eigenvalue weighted by Gasteiger charge is -2.21. The predicted octanol–water partition coefficient (Wildman–Crippen LogP) is 3.36. The molecule has 0 fully saturated rings. The first-order chi connectivity index (χ1) is 10.1. The van der Waals surface area contributed by atoms with Gasteiger partial charge in [0, 0.05) is 18.8 Å². The number of carbonyl (C=O) groups is 2. The molecule has 0 bridgehead atoms. The average Bonchev–Trinajstić information content (AvgIpc) is 2.49. The van der Waals surface area contributed by atoms with Crippen LogP contribution in [0.3, 0.4) is 0 Å². The number of rotatable bonds is 7. The van der Waals surface area contributed by atoms with Crippen molar-refractivity contribution in [2.45, 2.75) is 46.5 Å². The van der Waals surface area contributed by atoms with Crippen LogP contribution < -0.4 is 5.32 Å². The summed E-state index contributed by atoms with van der Waals surface area (Å²) in [6.45, 7) is 7.44. The summed E-state index contributed by atoms with van der Waals surface area (Å²) < 4.78 is 0. The first-order valence-corrected chi connectivity index (χ1v) is 7.75. The third kappa shape index (κ3) is 5.98. The fourth-order valence-corrected chi connectivity index (χ4v) is 1.98. The number of hydrogen-bond donors (Lipinski definition) is 1. The monoisotopic (exact) mass is 290 g/mol. The molecule has 21 heavy (non-hydrogen) atoms. The predicted molar refractivity (Wildman–Crippen MR) is 86.2 cm³/mol. The van der Waals surface area contributed by atoms with E-state index in [2.05, 4.69) is 19.2 Å². The minimum Gasteiger partial charge on any atom is -0.334 e. The third-order valence-electron chi connectivity index (χ3n) is 3.35. The van der Waals surface area contributed by atoms with E-state index in [0.717, 1.165) is 31.2 Å². The SMILES string of the molecule is CCCCN(CCCC)C(=O)C(=O)Nc1ccc(C)cc1. The van der Waals surface area contributed by atoms with Crippen molar-refractivity contribution in [3.05, 3.63) is 29.8 Å². The molecule has 4 heteroatoms. The van der Waals surface area contributed by atoms with E-state index in [1.54, 1.807) is 4.90 Å². The highest BCUT2D eigenvalue weighted by atomic mass is 16.2. The Kier molecular flexibility index (Phi) is 7.51. The van der Waals surface area contributed by atoms with E-state index in [0.29, 0.717) is 18.8 Å². The highest BCUT2D eigenvalue weighted by molar-refractivity contribution is 6.39. The summed E-state index contributed by atoms with van der Waals surface area (Å²) >= 11 is 0. The highest BCUT2D eigenvalue weighted by Crippen LogP contribution is 2.09. The van der Waals surface area contributed by atoms with E-state index in [-0.39, 0.29) is 0 Å². The quantitative estimate of drug-likeness (QED) is 0.783. The molecule has 1 N–H and O–H groups in total. The number of amides is 2. The van der Waals surface area contributed by atoms with Gasteiger partial charge in [0.15, 0.2) is 0 Å². The van der Waals surface area contributed by atoms with Gasteiger partial charge in [-0.2, -0.15) is 0 Å². The molecule has 4 nitrogen and oxygen atoms in total. The molecule has 0 radical (unpaired) electrons. The number of unbranched alkanes of at least 4 members (excludes halogenated alkanes) is 2. The number of carbonyl (C=O) groups excluding carboxylic acids is 2. The van der Waals surface area contributed by atoms with Gasteiger partial charge in [-0.15, -0.1) is 0 Å². The molecule has 0 aliphatic carbocycles. The maximum Gasteiger partial charge on any atom is 0.313 e. The van der Waals surface area contributed by atoms with Crippen LogP contribution in [0.15, 0.2) is 24.3 Å². The van der Waals surface area contributed by atoms with E-state index >= 15 is 0 Å². The van der Waals surface area contributed by atoms with Crippen LogP contribution in [0.25, 0.3) is 0 Å². The number of nitrogens with zero attached hydrogens (tertiary/aromatic N) is 1. The molecule has 0 saturated heterocycles. The lowest BCUT2D eigenvalue weighted by atomic mass is 10.2. The van der Waals surface area contributed by atoms with Crippen molar-refractivity contribution in [1.82, 2.24) is 4.90 Å². The van der Waals surface area contributed by atoms with Gasteiger partial charge in [0.25, 0.3) is 0 Å². The van der Waals surface area contributed by atoms with E-state index in [1.807, 2.05) is 31.2 Å². The van der Waals surface area contributed by atoms with Crippen LogP contribution in [0.2, 0.25) is 0 Å². The fraction of sp³-hybridized carbons (Fsp3) is 0.529. The van der Waals surface area contributed by atoms with Gasteiger partial charge in [-0.3, -0.25) is 9.59 Å². The topological polar surface area (TPSA) is 49.4 Å². The van der Waals surface area contributed by atoms with Crippen molar-refractivity contribution in [2.24, 2.45) is 0 Å². The molecule has 0 atom stereocenters. The molecule has 1 aromatic rings. The van der Waals surface area contributed by atoms with Crippen LogP contribution >= 0.6 is 0 Å². The van der Waals surface area contributed by atoms with Crippen LogP contribution in [0.4, 0.5) is 5.69 Å². The second kappa shape index (κ2) is 9.16. The summed E-state index contributed by atoms with van der Waals surface area (Å²) in [6, 6.07) is 7.43. The Morgan fingerprint density at radius 2 is 1.52 bits per heavy atom. The summed E-state index contributed by atoms with van der Waals surface area (Å²) in [7, 11) is 0. The summed E-state index contributed by atoms with van der Waals surface area (Å²) in [6.07, 6.45) is 3.87. The van der Waals surface area contributed by atoms with Crippen LogP contribution in [-0.2, 0) is 9.59 Å². The van der Waals surface area contributed by atoms with Gasteiger partial charge in [0.1, 0.15) is 0 Å². The van der Waals surface area contributed by atoms with E-state index in [4.69, 9.17) is 0 Å². The molecule has 0 aromatic heterocycles. The average molecular weight is 290 g/mol. The highest BCUT2D eigenvalue weighted by Gasteiger charge is 2.20. The Balaban J connectivity index is 2.63. The fourth-order valence-electron chi connectivity index (χ4n) is 1.98. The van der Waals surface area contributed by atoms with Gasteiger partial charge >= 0.3 is 11.8 Å².